The Morgan fingerprint density at radius 1 is 1.47 bits per heavy atom. The van der Waals surface area contributed by atoms with E-state index >= 15 is 0 Å². The van der Waals surface area contributed by atoms with Crippen LogP contribution in [0.25, 0.3) is 0 Å². The van der Waals surface area contributed by atoms with Gasteiger partial charge < -0.3 is 20.7 Å². The third-order valence-electron chi connectivity index (χ3n) is 2.62. The highest BCUT2D eigenvalue weighted by atomic mass is 16.5. The summed E-state index contributed by atoms with van der Waals surface area (Å²) < 4.78 is 5.04. The fourth-order valence-electron chi connectivity index (χ4n) is 1.95. The van der Waals surface area contributed by atoms with E-state index in [2.05, 4.69) is 10.2 Å². The maximum atomic E-state index is 11.9. The van der Waals surface area contributed by atoms with E-state index in [1.807, 2.05) is 21.0 Å². The average Bonchev–Trinajstić information content (AvgIpc) is 2.31. The fraction of sp³-hybridized carbons (Fsp3) is 0.500. The van der Waals surface area contributed by atoms with Crippen molar-refractivity contribution < 1.29 is 9.53 Å². The van der Waals surface area contributed by atoms with Crippen LogP contribution in [-0.4, -0.2) is 44.2 Å². The van der Waals surface area contributed by atoms with E-state index in [1.54, 1.807) is 25.1 Å². The molecular formula is C14H23N3O2. The van der Waals surface area contributed by atoms with Crippen LogP contribution in [0.3, 0.4) is 0 Å². The first-order valence-corrected chi connectivity index (χ1v) is 6.42. The van der Waals surface area contributed by atoms with Gasteiger partial charge >= 0.3 is 5.97 Å². The van der Waals surface area contributed by atoms with Gasteiger partial charge in [-0.2, -0.15) is 0 Å². The summed E-state index contributed by atoms with van der Waals surface area (Å²) in [6.07, 6.45) is 0. The number of carbonyl (C=O) groups is 1. The standard InChI is InChI=1S/C14H23N3O2/c1-5-19-14(18)11-7-6-8-12(15)13(11)16-10(2)9-17(3)4/h6-8,10,16H,5,9,15H2,1-4H3. The van der Waals surface area contributed by atoms with Crippen LogP contribution in [-0.2, 0) is 4.74 Å². The second-order valence-electron chi connectivity index (χ2n) is 4.80. The van der Waals surface area contributed by atoms with Crippen LogP contribution in [0.1, 0.15) is 24.2 Å². The van der Waals surface area contributed by atoms with Gasteiger partial charge in [0.25, 0.3) is 0 Å². The van der Waals surface area contributed by atoms with Crippen molar-refractivity contribution in [2.24, 2.45) is 0 Å². The molecule has 0 saturated carbocycles. The lowest BCUT2D eigenvalue weighted by molar-refractivity contribution is 0.0527. The highest BCUT2D eigenvalue weighted by Crippen LogP contribution is 2.25. The molecule has 1 atom stereocenters. The van der Waals surface area contributed by atoms with Gasteiger partial charge in [0.1, 0.15) is 0 Å². The highest BCUT2D eigenvalue weighted by molar-refractivity contribution is 5.98. The molecule has 0 radical (unpaired) electrons. The molecule has 0 aliphatic rings. The van der Waals surface area contributed by atoms with Crippen molar-refractivity contribution in [1.29, 1.82) is 0 Å². The van der Waals surface area contributed by atoms with Gasteiger partial charge in [-0.05, 0) is 40.1 Å². The molecule has 1 rings (SSSR count). The minimum atomic E-state index is -0.352. The quantitative estimate of drug-likeness (QED) is 0.606. The number of nitrogens with one attached hydrogen (secondary N) is 1. The first-order valence-electron chi connectivity index (χ1n) is 6.42. The van der Waals surface area contributed by atoms with Crippen molar-refractivity contribution >= 4 is 17.3 Å². The summed E-state index contributed by atoms with van der Waals surface area (Å²) in [6, 6.07) is 5.42. The van der Waals surface area contributed by atoms with Crippen LogP contribution in [0, 0.1) is 0 Å². The summed E-state index contributed by atoms with van der Waals surface area (Å²) in [4.78, 5) is 14.0. The predicted octanol–water partition coefficient (Wildman–Crippen LogP) is 1.81. The van der Waals surface area contributed by atoms with E-state index in [0.717, 1.165) is 6.54 Å². The zero-order valence-electron chi connectivity index (χ0n) is 12.1. The van der Waals surface area contributed by atoms with Gasteiger partial charge in [0.05, 0.1) is 23.5 Å². The molecule has 0 saturated heterocycles. The van der Waals surface area contributed by atoms with Gasteiger partial charge in [-0.3, -0.25) is 0 Å². The van der Waals surface area contributed by atoms with Gasteiger partial charge in [0.15, 0.2) is 0 Å². The summed E-state index contributed by atoms with van der Waals surface area (Å²) in [5.41, 5.74) is 7.63. The number of carbonyl (C=O) groups excluding carboxylic acids is 1. The fourth-order valence-corrected chi connectivity index (χ4v) is 1.95. The first kappa shape index (κ1) is 15.3. The van der Waals surface area contributed by atoms with E-state index in [1.165, 1.54) is 0 Å². The van der Waals surface area contributed by atoms with Crippen molar-refractivity contribution in [2.75, 3.05) is 38.3 Å². The minimum Gasteiger partial charge on any atom is -0.462 e. The number of esters is 1. The molecule has 0 heterocycles. The number of para-hydroxylation sites is 1. The molecule has 0 fully saturated rings. The molecule has 0 amide bonds. The molecule has 0 bridgehead atoms. The second kappa shape index (κ2) is 6.99. The molecule has 1 unspecified atom stereocenters. The molecule has 0 aliphatic carbocycles. The Labute approximate surface area is 114 Å². The zero-order chi connectivity index (χ0) is 14.4. The van der Waals surface area contributed by atoms with E-state index in [4.69, 9.17) is 10.5 Å². The third-order valence-corrected chi connectivity index (χ3v) is 2.62. The van der Waals surface area contributed by atoms with E-state index in [9.17, 15) is 4.79 Å². The van der Waals surface area contributed by atoms with Crippen molar-refractivity contribution in [3.63, 3.8) is 0 Å². The number of nitrogens with zero attached hydrogens (tertiary/aromatic N) is 1. The maximum absolute atomic E-state index is 11.9. The van der Waals surface area contributed by atoms with Crippen molar-refractivity contribution in [3.05, 3.63) is 23.8 Å². The highest BCUT2D eigenvalue weighted by Gasteiger charge is 2.16. The Hall–Kier alpha value is -1.75. The molecule has 3 N–H and O–H groups in total. The predicted molar refractivity (Wildman–Crippen MR) is 78.4 cm³/mol. The number of benzene rings is 1. The summed E-state index contributed by atoms with van der Waals surface area (Å²) in [7, 11) is 4.00. The molecule has 1 aromatic rings. The monoisotopic (exact) mass is 265 g/mol. The zero-order valence-corrected chi connectivity index (χ0v) is 12.1. The van der Waals surface area contributed by atoms with Crippen LogP contribution in [0.4, 0.5) is 11.4 Å². The van der Waals surface area contributed by atoms with Crippen molar-refractivity contribution in [1.82, 2.24) is 4.90 Å². The van der Waals surface area contributed by atoms with Crippen LogP contribution in [0.15, 0.2) is 18.2 Å². The lowest BCUT2D eigenvalue weighted by Gasteiger charge is -2.22. The Morgan fingerprint density at radius 3 is 2.74 bits per heavy atom. The third kappa shape index (κ3) is 4.44. The minimum absolute atomic E-state index is 0.174. The maximum Gasteiger partial charge on any atom is 0.340 e. The van der Waals surface area contributed by atoms with E-state index < -0.39 is 0 Å². The van der Waals surface area contributed by atoms with Crippen molar-refractivity contribution in [3.8, 4) is 0 Å². The summed E-state index contributed by atoms with van der Waals surface area (Å²) in [6.45, 7) is 5.02. The Morgan fingerprint density at radius 2 is 2.16 bits per heavy atom. The SMILES string of the molecule is CCOC(=O)c1cccc(N)c1NC(C)CN(C)C. The van der Waals surface area contributed by atoms with Gasteiger partial charge in [-0.1, -0.05) is 6.07 Å². The van der Waals surface area contributed by atoms with Gasteiger partial charge in [-0.15, -0.1) is 0 Å². The van der Waals surface area contributed by atoms with Crippen LogP contribution in [0.5, 0.6) is 0 Å². The van der Waals surface area contributed by atoms with E-state index in [0.29, 0.717) is 23.5 Å². The largest absolute Gasteiger partial charge is 0.462 e. The number of nitrogen functional groups attached to an aromatic ring is 1. The smallest absolute Gasteiger partial charge is 0.340 e. The molecule has 1 aromatic carbocycles. The number of nitrogens with two attached hydrogens (primary N) is 1. The van der Waals surface area contributed by atoms with Crippen molar-refractivity contribution in [2.45, 2.75) is 19.9 Å². The van der Waals surface area contributed by atoms with E-state index in [-0.39, 0.29) is 12.0 Å². The number of hydrogen-bond acceptors (Lipinski definition) is 5. The molecular weight excluding hydrogens is 242 g/mol. The molecule has 0 aromatic heterocycles. The van der Waals surface area contributed by atoms with Crippen LogP contribution >= 0.6 is 0 Å². The number of ether oxygens (including phenoxy) is 1. The second-order valence-corrected chi connectivity index (χ2v) is 4.80. The Kier molecular flexibility index (Phi) is 5.63. The van der Waals surface area contributed by atoms with Crippen LogP contribution < -0.4 is 11.1 Å². The summed E-state index contributed by atoms with van der Waals surface area (Å²) >= 11 is 0. The molecule has 5 heteroatoms. The van der Waals surface area contributed by atoms with Gasteiger partial charge in [0, 0.05) is 12.6 Å². The normalized spacial score (nSPS) is 12.3. The number of rotatable bonds is 6. The number of anilines is 2. The summed E-state index contributed by atoms with van der Waals surface area (Å²) in [5, 5.41) is 3.28. The lowest BCUT2D eigenvalue weighted by atomic mass is 10.1. The Bertz CT molecular complexity index is 433. The molecule has 106 valence electrons. The summed E-state index contributed by atoms with van der Waals surface area (Å²) in [5.74, 6) is -0.352. The van der Waals surface area contributed by atoms with Gasteiger partial charge in [-0.25, -0.2) is 4.79 Å². The number of hydrogen-bond donors (Lipinski definition) is 2. The molecule has 0 spiro atoms. The lowest BCUT2D eigenvalue weighted by Crippen LogP contribution is -2.30. The molecule has 5 nitrogen and oxygen atoms in total. The van der Waals surface area contributed by atoms with Crippen LogP contribution in [0.2, 0.25) is 0 Å². The Balaban J connectivity index is 2.94. The van der Waals surface area contributed by atoms with Gasteiger partial charge in [0.2, 0.25) is 0 Å². The average molecular weight is 265 g/mol. The first-order chi connectivity index (χ1) is 8.95. The topological polar surface area (TPSA) is 67.6 Å². The molecule has 0 aliphatic heterocycles. The molecule has 19 heavy (non-hydrogen) atoms. The number of likely N-dealkylation sites (N-methyl/N-ethyl adjacent to an activating group) is 1.